The van der Waals surface area contributed by atoms with Crippen LogP contribution in [0.4, 0.5) is 28.4 Å². The molecule has 234 valence electrons. The third-order valence-corrected chi connectivity index (χ3v) is 8.48. The first-order valence-corrected chi connectivity index (χ1v) is 16.7. The highest BCUT2D eigenvalue weighted by Crippen LogP contribution is 2.50. The maximum absolute atomic E-state index is 6.76. The molecule has 1 N–H and O–H groups in total. The van der Waals surface area contributed by atoms with E-state index in [1.807, 2.05) is 19.9 Å². The van der Waals surface area contributed by atoms with Crippen molar-refractivity contribution >= 4 is 45.5 Å². The number of hydrogen-bond acceptors (Lipinski definition) is 3. The molecular weight excluding hydrogens is 585 g/mol. The van der Waals surface area contributed by atoms with Crippen LogP contribution in [0.25, 0.3) is 39.3 Å². The van der Waals surface area contributed by atoms with Crippen LogP contribution in [0.2, 0.25) is 0 Å². The van der Waals surface area contributed by atoms with Crippen LogP contribution < -0.4 is 10.2 Å². The zero-order chi connectivity index (χ0) is 32.7. The van der Waals surface area contributed by atoms with E-state index in [2.05, 4.69) is 180 Å². The number of anilines is 5. The Labute approximate surface area is 283 Å². The van der Waals surface area contributed by atoms with Gasteiger partial charge in [-0.1, -0.05) is 147 Å². The molecule has 8 rings (SSSR count). The van der Waals surface area contributed by atoms with Gasteiger partial charge in [-0.3, -0.25) is 0 Å². The molecule has 0 amide bonds. The number of fused-ring (bicyclic) bond motifs is 3. The van der Waals surface area contributed by atoms with E-state index < -0.39 is 0 Å². The van der Waals surface area contributed by atoms with Gasteiger partial charge in [0.2, 0.25) is 0 Å². The molecule has 6 aromatic carbocycles. The fourth-order valence-corrected chi connectivity index (χ4v) is 6.32. The number of allylic oxidation sites excluding steroid dienone is 3. The lowest BCUT2D eigenvalue weighted by Crippen LogP contribution is -2.12. The minimum absolute atomic E-state index is 0.737. The monoisotopic (exact) mass is 622 g/mol. The van der Waals surface area contributed by atoms with Gasteiger partial charge in [0.25, 0.3) is 0 Å². The van der Waals surface area contributed by atoms with E-state index in [9.17, 15) is 0 Å². The number of rotatable bonds is 7. The molecule has 0 radical (unpaired) electrons. The lowest BCUT2D eigenvalue weighted by atomic mass is 9.95. The van der Waals surface area contributed by atoms with Gasteiger partial charge in [-0.05, 0) is 59.2 Å². The van der Waals surface area contributed by atoms with Crippen molar-refractivity contribution < 1.29 is 4.42 Å². The van der Waals surface area contributed by atoms with Crippen molar-refractivity contribution in [1.82, 2.24) is 0 Å². The molecule has 0 fully saturated rings. The van der Waals surface area contributed by atoms with Crippen LogP contribution in [0.15, 0.2) is 174 Å². The summed E-state index contributed by atoms with van der Waals surface area (Å²) in [7, 11) is 0. The van der Waals surface area contributed by atoms with Crippen molar-refractivity contribution in [1.29, 1.82) is 0 Å². The Bertz CT molecular complexity index is 2160. The standard InChI is InChI=1S/C43H32N2O.C2H6/c1-6-16-31(17-7-1)32-26-28-36(29-27-32)45(35-22-12-4-13-23-35)39-30-38-37-24-14-5-15-25-40(37)46-43(38)42(44-34-20-10-3-11-21-34)41(39)33-18-8-2-9-19-33;1-2/h1-24,26-30,44H,25H2;1-2H3. The molecule has 1 aliphatic carbocycles. The number of furan rings is 1. The second kappa shape index (κ2) is 14.1. The molecule has 1 heterocycles. The normalized spacial score (nSPS) is 11.7. The van der Waals surface area contributed by atoms with E-state index in [1.165, 1.54) is 11.1 Å². The van der Waals surface area contributed by atoms with Gasteiger partial charge in [-0.25, -0.2) is 0 Å². The van der Waals surface area contributed by atoms with Gasteiger partial charge in [0, 0.05) is 40.0 Å². The first kappa shape index (κ1) is 30.6. The molecule has 48 heavy (non-hydrogen) atoms. The summed E-state index contributed by atoms with van der Waals surface area (Å²) in [6.45, 7) is 4.00. The quantitative estimate of drug-likeness (QED) is 0.192. The molecule has 0 atom stereocenters. The third-order valence-electron chi connectivity index (χ3n) is 8.48. The van der Waals surface area contributed by atoms with Crippen LogP contribution in [-0.4, -0.2) is 0 Å². The highest BCUT2D eigenvalue weighted by atomic mass is 16.3. The van der Waals surface area contributed by atoms with Gasteiger partial charge in [0.05, 0.1) is 11.4 Å². The largest absolute Gasteiger partial charge is 0.458 e. The summed E-state index contributed by atoms with van der Waals surface area (Å²) < 4.78 is 6.76. The maximum Gasteiger partial charge on any atom is 0.159 e. The van der Waals surface area contributed by atoms with Gasteiger partial charge in [0.15, 0.2) is 5.58 Å². The molecule has 0 unspecified atom stereocenters. The van der Waals surface area contributed by atoms with Gasteiger partial charge >= 0.3 is 0 Å². The first-order chi connectivity index (χ1) is 23.8. The highest BCUT2D eigenvalue weighted by molar-refractivity contribution is 6.10. The SMILES string of the molecule is C1=CCc2oc3c(Nc4ccccc4)c(-c4ccccc4)c(N(c4ccccc4)c4ccc(-c5ccccc5)cc4)cc3c2C=C1.CC. The number of benzene rings is 6. The fraction of sp³-hybridized carbons (Fsp3) is 0.0667. The summed E-state index contributed by atoms with van der Waals surface area (Å²) in [4.78, 5) is 2.37. The molecular formula is C45H38N2O. The van der Waals surface area contributed by atoms with E-state index in [-0.39, 0.29) is 0 Å². The van der Waals surface area contributed by atoms with Gasteiger partial charge in [-0.2, -0.15) is 0 Å². The van der Waals surface area contributed by atoms with Crippen molar-refractivity contribution in [2.24, 2.45) is 0 Å². The Hall–Kier alpha value is -6.06. The number of para-hydroxylation sites is 2. The zero-order valence-corrected chi connectivity index (χ0v) is 27.3. The number of nitrogens with zero attached hydrogens (tertiary/aromatic N) is 1. The number of hydrogen-bond donors (Lipinski definition) is 1. The minimum atomic E-state index is 0.737. The summed E-state index contributed by atoms with van der Waals surface area (Å²) >= 11 is 0. The zero-order valence-electron chi connectivity index (χ0n) is 27.3. The van der Waals surface area contributed by atoms with E-state index in [0.29, 0.717) is 0 Å². The van der Waals surface area contributed by atoms with Crippen LogP contribution in [0.5, 0.6) is 0 Å². The van der Waals surface area contributed by atoms with Crippen LogP contribution in [0, 0.1) is 0 Å². The topological polar surface area (TPSA) is 28.4 Å². The number of nitrogens with one attached hydrogen (secondary N) is 1. The molecule has 3 nitrogen and oxygen atoms in total. The van der Waals surface area contributed by atoms with Gasteiger partial charge in [-0.15, -0.1) is 0 Å². The second-order valence-corrected chi connectivity index (χ2v) is 11.4. The van der Waals surface area contributed by atoms with Crippen molar-refractivity contribution in [3.05, 3.63) is 181 Å². The summed E-state index contributed by atoms with van der Waals surface area (Å²) in [6, 6.07) is 53.3. The van der Waals surface area contributed by atoms with Crippen LogP contribution in [-0.2, 0) is 6.42 Å². The van der Waals surface area contributed by atoms with E-state index >= 15 is 0 Å². The Morgan fingerprint density at radius 2 is 1.15 bits per heavy atom. The Balaban J connectivity index is 0.00000179. The summed E-state index contributed by atoms with van der Waals surface area (Å²) in [5.74, 6) is 0.964. The average Bonchev–Trinajstić information content (AvgIpc) is 3.34. The van der Waals surface area contributed by atoms with Crippen LogP contribution >= 0.6 is 0 Å². The van der Waals surface area contributed by atoms with Crippen molar-refractivity contribution in [3.8, 4) is 22.3 Å². The first-order valence-electron chi connectivity index (χ1n) is 16.7. The highest BCUT2D eigenvalue weighted by Gasteiger charge is 2.26. The Morgan fingerprint density at radius 1 is 0.583 bits per heavy atom. The third kappa shape index (κ3) is 6.06. The smallest absolute Gasteiger partial charge is 0.159 e. The summed E-state index contributed by atoms with van der Waals surface area (Å²) in [6.07, 6.45) is 9.26. The van der Waals surface area contributed by atoms with E-state index in [4.69, 9.17) is 4.42 Å². The predicted molar refractivity (Wildman–Crippen MR) is 205 cm³/mol. The Morgan fingerprint density at radius 3 is 1.81 bits per heavy atom. The van der Waals surface area contributed by atoms with Crippen molar-refractivity contribution in [2.75, 3.05) is 10.2 Å². The van der Waals surface area contributed by atoms with Gasteiger partial charge < -0.3 is 14.6 Å². The lowest BCUT2D eigenvalue weighted by molar-refractivity contribution is 0.565. The Kier molecular flexibility index (Phi) is 9.02. The second-order valence-electron chi connectivity index (χ2n) is 11.4. The summed E-state index contributed by atoms with van der Waals surface area (Å²) in [5.41, 5.74) is 11.7. The maximum atomic E-state index is 6.76. The molecule has 0 saturated carbocycles. The van der Waals surface area contributed by atoms with Crippen LogP contribution in [0.1, 0.15) is 25.2 Å². The molecule has 3 heteroatoms. The molecule has 0 saturated heterocycles. The lowest BCUT2D eigenvalue weighted by Gasteiger charge is -2.29. The fourth-order valence-electron chi connectivity index (χ4n) is 6.32. The van der Waals surface area contributed by atoms with Crippen LogP contribution in [0.3, 0.4) is 0 Å². The molecule has 1 aromatic heterocycles. The molecule has 0 spiro atoms. The molecule has 1 aliphatic rings. The van der Waals surface area contributed by atoms with Crippen molar-refractivity contribution in [2.45, 2.75) is 20.3 Å². The predicted octanol–water partition coefficient (Wildman–Crippen LogP) is 13.1. The van der Waals surface area contributed by atoms with E-state index in [0.717, 1.165) is 68.3 Å². The van der Waals surface area contributed by atoms with E-state index in [1.54, 1.807) is 0 Å². The molecule has 0 bridgehead atoms. The molecule has 0 aliphatic heterocycles. The average molecular weight is 623 g/mol. The van der Waals surface area contributed by atoms with Crippen molar-refractivity contribution in [3.63, 3.8) is 0 Å². The summed E-state index contributed by atoms with van der Waals surface area (Å²) in [5, 5.41) is 4.88. The molecule has 7 aromatic rings. The van der Waals surface area contributed by atoms with Gasteiger partial charge in [0.1, 0.15) is 5.76 Å². The minimum Gasteiger partial charge on any atom is -0.458 e.